The highest BCUT2D eigenvalue weighted by Gasteiger charge is 2.36. The number of benzene rings is 3. The van der Waals surface area contributed by atoms with Gasteiger partial charge in [-0.25, -0.2) is 4.79 Å². The zero-order chi connectivity index (χ0) is 39.5. The van der Waals surface area contributed by atoms with E-state index in [2.05, 4.69) is 10.3 Å². The van der Waals surface area contributed by atoms with Crippen LogP contribution in [0.3, 0.4) is 0 Å². The molecular weight excluding hydrogens is 679 g/mol. The Bertz CT molecular complexity index is 1910. The first kappa shape index (κ1) is 41.2. The van der Waals surface area contributed by atoms with Gasteiger partial charge in [0.2, 0.25) is 17.7 Å². The fraction of sp³-hybridized carbons (Fsp3) is 0.386. The minimum absolute atomic E-state index is 0.205. The van der Waals surface area contributed by atoms with Crippen LogP contribution in [0.2, 0.25) is 0 Å². The molecule has 1 heterocycles. The van der Waals surface area contributed by atoms with Gasteiger partial charge in [0.05, 0.1) is 0 Å². The van der Waals surface area contributed by atoms with Crippen LogP contribution in [0.5, 0.6) is 0 Å². The summed E-state index contributed by atoms with van der Waals surface area (Å²) in [6.07, 6.45) is 5.74. The van der Waals surface area contributed by atoms with Gasteiger partial charge in [-0.2, -0.15) is 0 Å². The van der Waals surface area contributed by atoms with Crippen LogP contribution in [0, 0.1) is 0 Å². The number of ether oxygens (including phenoxy) is 1. The van der Waals surface area contributed by atoms with Crippen molar-refractivity contribution >= 4 is 34.6 Å². The predicted molar refractivity (Wildman–Crippen MR) is 214 cm³/mol. The number of fused-ring (bicyclic) bond motifs is 1. The SMILES string of the molecule is CN(CCc1ccccn1)C(=O)[C@@H](Cc1ccccc1)N(C)C(=O)[C@@H](Cc1ccc2ccccc2c1)N(C)C(=O)/C=C/CC(C)(C)NC(=O)OC(C)(C)C. The fourth-order valence-electron chi connectivity index (χ4n) is 6.14. The predicted octanol–water partition coefficient (Wildman–Crippen LogP) is 6.62. The van der Waals surface area contributed by atoms with Gasteiger partial charge in [0.25, 0.3) is 0 Å². The summed E-state index contributed by atoms with van der Waals surface area (Å²) in [7, 11) is 5.00. The van der Waals surface area contributed by atoms with Crippen LogP contribution in [0.4, 0.5) is 4.79 Å². The van der Waals surface area contributed by atoms with E-state index in [0.717, 1.165) is 27.6 Å². The third-order valence-corrected chi connectivity index (χ3v) is 9.25. The van der Waals surface area contributed by atoms with E-state index in [1.165, 1.54) is 15.9 Å². The van der Waals surface area contributed by atoms with Gasteiger partial charge in [0.1, 0.15) is 17.7 Å². The third-order valence-electron chi connectivity index (χ3n) is 9.25. The Balaban J connectivity index is 1.60. The standard InChI is InChI=1S/C44H55N5O5/c1-43(2,3)54-42(53)46-44(4,5)26-16-22-39(50)48(7)38(31-33-23-24-34-19-12-13-20-35(34)29-33)41(52)49(8)37(30-32-17-10-9-11-18-32)40(51)47(6)28-25-36-21-14-15-27-45-36/h9-24,27,29,37-38H,25-26,28,30-31H2,1-8H3,(H,46,53)/b22-16+/t37-,38-/m1/s1. The van der Waals surface area contributed by atoms with Gasteiger partial charge >= 0.3 is 6.09 Å². The van der Waals surface area contributed by atoms with Crippen LogP contribution in [0.1, 0.15) is 57.9 Å². The van der Waals surface area contributed by atoms with Crippen molar-refractivity contribution in [2.75, 3.05) is 27.7 Å². The topological polar surface area (TPSA) is 112 Å². The molecule has 0 fully saturated rings. The number of nitrogens with zero attached hydrogens (tertiary/aromatic N) is 4. The molecule has 4 amide bonds. The number of carbonyl (C=O) groups excluding carboxylic acids is 4. The van der Waals surface area contributed by atoms with Gasteiger partial charge in [-0.05, 0) is 81.1 Å². The Labute approximate surface area is 320 Å². The van der Waals surface area contributed by atoms with Crippen LogP contribution in [-0.4, -0.2) is 94.4 Å². The van der Waals surface area contributed by atoms with Crippen LogP contribution < -0.4 is 5.32 Å². The fourth-order valence-corrected chi connectivity index (χ4v) is 6.14. The summed E-state index contributed by atoms with van der Waals surface area (Å²) in [6, 6.07) is 27.6. The van der Waals surface area contributed by atoms with Gasteiger partial charge in [-0.3, -0.25) is 19.4 Å². The lowest BCUT2D eigenvalue weighted by Crippen LogP contribution is -2.56. The monoisotopic (exact) mass is 733 g/mol. The van der Waals surface area contributed by atoms with E-state index >= 15 is 0 Å². The molecule has 4 rings (SSSR count). The van der Waals surface area contributed by atoms with Crippen LogP contribution >= 0.6 is 0 Å². The van der Waals surface area contributed by atoms with E-state index < -0.39 is 29.3 Å². The average Bonchev–Trinajstić information content (AvgIpc) is 3.13. The van der Waals surface area contributed by atoms with Crippen molar-refractivity contribution in [2.45, 2.75) is 83.5 Å². The van der Waals surface area contributed by atoms with E-state index in [1.54, 1.807) is 59.1 Å². The number of hydrogen-bond acceptors (Lipinski definition) is 6. The summed E-state index contributed by atoms with van der Waals surface area (Å²) in [5.41, 5.74) is 1.31. The Morgan fingerprint density at radius 2 is 1.37 bits per heavy atom. The molecule has 0 bridgehead atoms. The van der Waals surface area contributed by atoms with Crippen molar-refractivity contribution in [1.82, 2.24) is 25.0 Å². The number of alkyl carbamates (subject to hydrolysis) is 1. The average molecular weight is 734 g/mol. The summed E-state index contributed by atoms with van der Waals surface area (Å²) in [6.45, 7) is 9.49. The first-order chi connectivity index (χ1) is 25.5. The third kappa shape index (κ3) is 12.3. The lowest BCUT2D eigenvalue weighted by molar-refractivity contribution is -0.148. The van der Waals surface area contributed by atoms with Crippen molar-refractivity contribution in [3.8, 4) is 0 Å². The molecule has 0 radical (unpaired) electrons. The molecule has 10 nitrogen and oxygen atoms in total. The highest BCUT2D eigenvalue weighted by atomic mass is 16.6. The van der Waals surface area contributed by atoms with Gasteiger partial charge in [-0.1, -0.05) is 84.9 Å². The Kier molecular flexibility index (Phi) is 14.1. The van der Waals surface area contributed by atoms with Crippen molar-refractivity contribution in [3.05, 3.63) is 126 Å². The van der Waals surface area contributed by atoms with Gasteiger partial charge in [0.15, 0.2) is 0 Å². The highest BCUT2D eigenvalue weighted by Crippen LogP contribution is 2.21. The molecule has 54 heavy (non-hydrogen) atoms. The Hall–Kier alpha value is -5.51. The number of nitrogens with one attached hydrogen (secondary N) is 1. The van der Waals surface area contributed by atoms with E-state index in [4.69, 9.17) is 4.74 Å². The lowest BCUT2D eigenvalue weighted by Gasteiger charge is -2.36. The molecule has 3 aromatic carbocycles. The number of rotatable bonds is 15. The second kappa shape index (κ2) is 18.5. The summed E-state index contributed by atoms with van der Waals surface area (Å²) in [5, 5.41) is 4.94. The van der Waals surface area contributed by atoms with Crippen molar-refractivity contribution in [1.29, 1.82) is 0 Å². The first-order valence-electron chi connectivity index (χ1n) is 18.4. The number of pyridine rings is 1. The first-order valence-corrected chi connectivity index (χ1v) is 18.4. The molecule has 4 aromatic rings. The van der Waals surface area contributed by atoms with Gasteiger partial charge < -0.3 is 24.8 Å². The molecule has 0 saturated heterocycles. The molecule has 0 spiro atoms. The molecule has 2 atom stereocenters. The Morgan fingerprint density at radius 3 is 2.04 bits per heavy atom. The van der Waals surface area contributed by atoms with E-state index in [0.29, 0.717) is 25.8 Å². The van der Waals surface area contributed by atoms with E-state index in [9.17, 15) is 19.2 Å². The number of aromatic nitrogens is 1. The van der Waals surface area contributed by atoms with Gasteiger partial charge in [0, 0.05) is 64.4 Å². The molecule has 0 unspecified atom stereocenters. The molecule has 0 saturated carbocycles. The Morgan fingerprint density at radius 1 is 0.741 bits per heavy atom. The molecule has 0 aliphatic carbocycles. The molecule has 0 aliphatic rings. The molecule has 1 aromatic heterocycles. The van der Waals surface area contributed by atoms with Crippen LogP contribution in [-0.2, 0) is 38.4 Å². The maximum atomic E-state index is 14.7. The number of amides is 4. The summed E-state index contributed by atoms with van der Waals surface area (Å²) in [5.74, 6) is -0.940. The normalized spacial score (nSPS) is 12.9. The molecule has 1 N–H and O–H groups in total. The quantitative estimate of drug-likeness (QED) is 0.138. The largest absolute Gasteiger partial charge is 0.444 e. The molecule has 0 aliphatic heterocycles. The summed E-state index contributed by atoms with van der Waals surface area (Å²) < 4.78 is 5.40. The smallest absolute Gasteiger partial charge is 0.408 e. The molecule has 286 valence electrons. The minimum atomic E-state index is -0.925. The lowest BCUT2D eigenvalue weighted by atomic mass is 9.98. The van der Waals surface area contributed by atoms with Crippen LogP contribution in [0.15, 0.2) is 109 Å². The maximum absolute atomic E-state index is 14.7. The minimum Gasteiger partial charge on any atom is -0.444 e. The van der Waals surface area contributed by atoms with Crippen LogP contribution in [0.25, 0.3) is 10.8 Å². The summed E-state index contributed by atoms with van der Waals surface area (Å²) in [4.78, 5) is 64.2. The zero-order valence-corrected chi connectivity index (χ0v) is 32.9. The second-order valence-corrected chi connectivity index (χ2v) is 15.5. The summed E-state index contributed by atoms with van der Waals surface area (Å²) >= 11 is 0. The molecule has 10 heteroatoms. The highest BCUT2D eigenvalue weighted by molar-refractivity contribution is 5.95. The number of likely N-dealkylation sites (N-methyl/N-ethyl adjacent to an activating group) is 3. The van der Waals surface area contributed by atoms with Crippen molar-refractivity contribution in [2.24, 2.45) is 0 Å². The second-order valence-electron chi connectivity index (χ2n) is 15.5. The number of hydrogen-bond donors (Lipinski definition) is 1. The van der Waals surface area contributed by atoms with Crippen molar-refractivity contribution < 1.29 is 23.9 Å². The number of carbonyl (C=O) groups is 4. The zero-order valence-electron chi connectivity index (χ0n) is 32.9. The maximum Gasteiger partial charge on any atom is 0.408 e. The van der Waals surface area contributed by atoms with E-state index in [-0.39, 0.29) is 24.1 Å². The molecular formula is C44H55N5O5. The van der Waals surface area contributed by atoms with Gasteiger partial charge in [-0.15, -0.1) is 0 Å². The van der Waals surface area contributed by atoms with E-state index in [1.807, 2.05) is 105 Å². The van der Waals surface area contributed by atoms with Crippen molar-refractivity contribution in [3.63, 3.8) is 0 Å².